The van der Waals surface area contributed by atoms with Crippen molar-refractivity contribution in [2.45, 2.75) is 32.2 Å². The molecule has 1 aromatic heterocycles. The fourth-order valence-electron chi connectivity index (χ4n) is 2.83. The minimum Gasteiger partial charge on any atom is -0.451 e. The van der Waals surface area contributed by atoms with E-state index in [-0.39, 0.29) is 24.2 Å². The van der Waals surface area contributed by atoms with Crippen molar-refractivity contribution in [2.24, 2.45) is 0 Å². The molecular formula is C18H20N2O3S. The highest BCUT2D eigenvalue weighted by atomic mass is 32.1. The van der Waals surface area contributed by atoms with E-state index in [9.17, 15) is 9.59 Å². The second-order valence-electron chi connectivity index (χ2n) is 5.91. The fraction of sp³-hybridized carbons (Fsp3) is 0.389. The van der Waals surface area contributed by atoms with Crippen molar-refractivity contribution in [3.8, 4) is 10.6 Å². The van der Waals surface area contributed by atoms with Gasteiger partial charge in [-0.3, -0.25) is 4.79 Å². The maximum absolute atomic E-state index is 12.2. The number of amides is 1. The Hall–Kier alpha value is -2.21. The monoisotopic (exact) mass is 344 g/mol. The van der Waals surface area contributed by atoms with E-state index >= 15 is 0 Å². The summed E-state index contributed by atoms with van der Waals surface area (Å²) in [4.78, 5) is 30.4. The molecule has 2 aromatic rings. The van der Waals surface area contributed by atoms with Crippen LogP contribution in [0.5, 0.6) is 0 Å². The van der Waals surface area contributed by atoms with Gasteiger partial charge in [-0.25, -0.2) is 9.78 Å². The largest absolute Gasteiger partial charge is 0.451 e. The number of carbonyl (C=O) groups excluding carboxylic acids is 2. The van der Waals surface area contributed by atoms with Crippen LogP contribution >= 0.6 is 11.3 Å². The number of nitrogens with zero attached hydrogens (tertiary/aromatic N) is 2. The predicted molar refractivity (Wildman–Crippen MR) is 92.9 cm³/mol. The van der Waals surface area contributed by atoms with E-state index in [1.807, 2.05) is 37.3 Å². The standard InChI is InChI=1S/C18H20N2O3S/c1-13-7-5-6-10-20(13)16(21)11-23-18(22)15-12-24-17(19-15)14-8-3-2-4-9-14/h2-4,8-9,12-13H,5-7,10-11H2,1H3/t13-/m0/s1. The number of likely N-dealkylation sites (tertiary alicyclic amines) is 1. The van der Waals surface area contributed by atoms with Gasteiger partial charge in [0.15, 0.2) is 12.3 Å². The number of esters is 1. The van der Waals surface area contributed by atoms with Gasteiger partial charge in [-0.2, -0.15) is 0 Å². The number of carbonyl (C=O) groups is 2. The van der Waals surface area contributed by atoms with E-state index < -0.39 is 5.97 Å². The molecular weight excluding hydrogens is 324 g/mol. The van der Waals surface area contributed by atoms with Gasteiger partial charge < -0.3 is 9.64 Å². The summed E-state index contributed by atoms with van der Waals surface area (Å²) in [7, 11) is 0. The van der Waals surface area contributed by atoms with Gasteiger partial charge in [0.2, 0.25) is 0 Å². The summed E-state index contributed by atoms with van der Waals surface area (Å²) in [5.74, 6) is -0.680. The number of benzene rings is 1. The van der Waals surface area contributed by atoms with Crippen molar-refractivity contribution in [1.29, 1.82) is 0 Å². The van der Waals surface area contributed by atoms with E-state index in [2.05, 4.69) is 4.98 Å². The van der Waals surface area contributed by atoms with Crippen molar-refractivity contribution in [3.63, 3.8) is 0 Å². The molecule has 0 saturated carbocycles. The maximum atomic E-state index is 12.2. The molecule has 0 spiro atoms. The third-order valence-corrected chi connectivity index (χ3v) is 5.08. The van der Waals surface area contributed by atoms with Gasteiger partial charge in [0.1, 0.15) is 5.01 Å². The van der Waals surface area contributed by atoms with Crippen LogP contribution in [0.3, 0.4) is 0 Å². The molecule has 1 atom stereocenters. The molecule has 0 aliphatic carbocycles. The van der Waals surface area contributed by atoms with Crippen LogP contribution in [-0.2, 0) is 9.53 Å². The van der Waals surface area contributed by atoms with Crippen LogP contribution in [-0.4, -0.2) is 41.0 Å². The average molecular weight is 344 g/mol. The quantitative estimate of drug-likeness (QED) is 0.798. The summed E-state index contributed by atoms with van der Waals surface area (Å²) >= 11 is 1.39. The van der Waals surface area contributed by atoms with E-state index in [0.717, 1.165) is 36.4 Å². The summed E-state index contributed by atoms with van der Waals surface area (Å²) in [6.07, 6.45) is 3.16. The molecule has 2 heterocycles. The number of rotatable bonds is 4. The van der Waals surface area contributed by atoms with Crippen LogP contribution in [0.2, 0.25) is 0 Å². The molecule has 6 heteroatoms. The lowest BCUT2D eigenvalue weighted by Gasteiger charge is -2.33. The second-order valence-corrected chi connectivity index (χ2v) is 6.77. The van der Waals surface area contributed by atoms with E-state index in [1.54, 1.807) is 10.3 Å². The maximum Gasteiger partial charge on any atom is 0.358 e. The fourth-order valence-corrected chi connectivity index (χ4v) is 3.63. The number of aromatic nitrogens is 1. The Morgan fingerprint density at radius 2 is 2.08 bits per heavy atom. The first-order valence-corrected chi connectivity index (χ1v) is 9.00. The number of hydrogen-bond donors (Lipinski definition) is 0. The lowest BCUT2D eigenvalue weighted by atomic mass is 10.0. The Morgan fingerprint density at radius 3 is 2.83 bits per heavy atom. The molecule has 5 nitrogen and oxygen atoms in total. The molecule has 1 aliphatic rings. The molecule has 24 heavy (non-hydrogen) atoms. The van der Waals surface area contributed by atoms with Crippen LogP contribution in [0.1, 0.15) is 36.7 Å². The zero-order valence-corrected chi connectivity index (χ0v) is 14.4. The molecule has 1 aromatic carbocycles. The van der Waals surface area contributed by atoms with Crippen molar-refractivity contribution >= 4 is 23.2 Å². The average Bonchev–Trinajstić information content (AvgIpc) is 3.11. The van der Waals surface area contributed by atoms with Gasteiger partial charge in [-0.15, -0.1) is 11.3 Å². The topological polar surface area (TPSA) is 59.5 Å². The normalized spacial score (nSPS) is 17.5. The molecule has 1 amide bonds. The van der Waals surface area contributed by atoms with Gasteiger partial charge in [0.25, 0.3) is 5.91 Å². The molecule has 1 aliphatic heterocycles. The minimum atomic E-state index is -0.550. The lowest BCUT2D eigenvalue weighted by Crippen LogP contribution is -2.44. The Labute approximate surface area is 145 Å². The smallest absolute Gasteiger partial charge is 0.358 e. The Balaban J connectivity index is 1.57. The second kappa shape index (κ2) is 7.57. The first-order valence-electron chi connectivity index (χ1n) is 8.12. The molecule has 1 saturated heterocycles. The van der Waals surface area contributed by atoms with Gasteiger partial charge in [0, 0.05) is 23.5 Å². The first kappa shape index (κ1) is 16.6. The number of hydrogen-bond acceptors (Lipinski definition) is 5. The van der Waals surface area contributed by atoms with Gasteiger partial charge in [-0.1, -0.05) is 30.3 Å². The SMILES string of the molecule is C[C@H]1CCCCN1C(=O)COC(=O)c1csc(-c2ccccc2)n1. The third-order valence-electron chi connectivity index (χ3n) is 4.18. The zero-order chi connectivity index (χ0) is 16.9. The minimum absolute atomic E-state index is 0.130. The number of ether oxygens (including phenoxy) is 1. The highest BCUT2D eigenvalue weighted by molar-refractivity contribution is 7.13. The van der Waals surface area contributed by atoms with Crippen LogP contribution in [0.25, 0.3) is 10.6 Å². The van der Waals surface area contributed by atoms with Crippen LogP contribution < -0.4 is 0 Å². The molecule has 0 bridgehead atoms. The van der Waals surface area contributed by atoms with Gasteiger partial charge in [-0.05, 0) is 26.2 Å². The molecule has 0 unspecified atom stereocenters. The summed E-state index contributed by atoms with van der Waals surface area (Å²) in [5, 5.41) is 2.43. The first-order chi connectivity index (χ1) is 11.6. The highest BCUT2D eigenvalue weighted by Gasteiger charge is 2.24. The third kappa shape index (κ3) is 3.82. The molecule has 0 N–H and O–H groups in total. The Bertz CT molecular complexity index is 714. The number of thiazole rings is 1. The summed E-state index contributed by atoms with van der Waals surface area (Å²) in [6, 6.07) is 9.87. The Kier molecular flexibility index (Phi) is 5.25. The molecule has 0 radical (unpaired) electrons. The molecule has 126 valence electrons. The summed E-state index contributed by atoms with van der Waals surface area (Å²) in [6.45, 7) is 2.55. The van der Waals surface area contributed by atoms with Crippen LogP contribution in [0.15, 0.2) is 35.7 Å². The van der Waals surface area contributed by atoms with Gasteiger partial charge >= 0.3 is 5.97 Å². The predicted octanol–water partition coefficient (Wildman–Crippen LogP) is 3.37. The van der Waals surface area contributed by atoms with E-state index in [1.165, 1.54) is 11.3 Å². The van der Waals surface area contributed by atoms with E-state index in [4.69, 9.17) is 4.74 Å². The molecule has 3 rings (SSSR count). The number of piperidine rings is 1. The lowest BCUT2D eigenvalue weighted by molar-refractivity contribution is -0.137. The van der Waals surface area contributed by atoms with Crippen molar-refractivity contribution < 1.29 is 14.3 Å². The Morgan fingerprint density at radius 1 is 1.29 bits per heavy atom. The summed E-state index contributed by atoms with van der Waals surface area (Å²) in [5.41, 5.74) is 1.21. The van der Waals surface area contributed by atoms with Gasteiger partial charge in [0.05, 0.1) is 0 Å². The van der Waals surface area contributed by atoms with Crippen molar-refractivity contribution in [2.75, 3.05) is 13.2 Å². The van der Waals surface area contributed by atoms with Crippen molar-refractivity contribution in [1.82, 2.24) is 9.88 Å². The zero-order valence-electron chi connectivity index (χ0n) is 13.6. The van der Waals surface area contributed by atoms with Crippen LogP contribution in [0, 0.1) is 0 Å². The molecule has 1 fully saturated rings. The highest BCUT2D eigenvalue weighted by Crippen LogP contribution is 2.23. The van der Waals surface area contributed by atoms with Crippen LogP contribution in [0.4, 0.5) is 0 Å². The summed E-state index contributed by atoms with van der Waals surface area (Å²) < 4.78 is 5.15. The van der Waals surface area contributed by atoms with Crippen molar-refractivity contribution in [3.05, 3.63) is 41.4 Å². The van der Waals surface area contributed by atoms with E-state index in [0.29, 0.717) is 0 Å².